The Morgan fingerprint density at radius 3 is 2.31 bits per heavy atom. The molecule has 1 aliphatic rings. The van der Waals surface area contributed by atoms with Gasteiger partial charge in [-0.3, -0.25) is 4.90 Å². The Bertz CT molecular complexity index is 742. The van der Waals surface area contributed by atoms with E-state index >= 15 is 0 Å². The molecule has 1 fully saturated rings. The molecule has 1 atom stereocenters. The molecule has 1 saturated heterocycles. The van der Waals surface area contributed by atoms with Crippen molar-refractivity contribution in [3.8, 4) is 0 Å². The molecule has 0 saturated carbocycles. The zero-order valence-corrected chi connectivity index (χ0v) is 15.6. The second-order valence-corrected chi connectivity index (χ2v) is 7.08. The van der Waals surface area contributed by atoms with E-state index in [0.717, 1.165) is 32.5 Å². The molecule has 2 aromatic carbocycles. The van der Waals surface area contributed by atoms with Crippen LogP contribution in [0.1, 0.15) is 30.4 Å². The van der Waals surface area contributed by atoms with Crippen LogP contribution in [0.5, 0.6) is 0 Å². The van der Waals surface area contributed by atoms with Crippen LogP contribution in [-0.4, -0.2) is 18.0 Å². The van der Waals surface area contributed by atoms with Gasteiger partial charge in [0.2, 0.25) is 0 Å². The highest BCUT2D eigenvalue weighted by Gasteiger charge is 2.29. The van der Waals surface area contributed by atoms with E-state index < -0.39 is 0 Å². The van der Waals surface area contributed by atoms with Crippen LogP contribution >= 0.6 is 0 Å². The third-order valence-corrected chi connectivity index (χ3v) is 5.19. The van der Waals surface area contributed by atoms with Gasteiger partial charge in [-0.1, -0.05) is 72.8 Å². The predicted octanol–water partition coefficient (Wildman–Crippen LogP) is 6.11. The summed E-state index contributed by atoms with van der Waals surface area (Å²) >= 11 is 0. The monoisotopic (exact) mass is 343 g/mol. The van der Waals surface area contributed by atoms with Crippen LogP contribution in [0.3, 0.4) is 0 Å². The average molecular weight is 344 g/mol. The van der Waals surface area contributed by atoms with E-state index in [1.165, 1.54) is 23.1 Å². The molecule has 3 rings (SSSR count). The van der Waals surface area contributed by atoms with E-state index in [2.05, 4.69) is 78.7 Å². The van der Waals surface area contributed by atoms with E-state index in [9.17, 15) is 0 Å². The summed E-state index contributed by atoms with van der Waals surface area (Å²) in [5, 5.41) is 0. The molecule has 0 radical (unpaired) electrons. The molecule has 1 unspecified atom stereocenters. The maximum absolute atomic E-state index is 4.01. The molecule has 1 nitrogen and oxygen atoms in total. The molecular formula is C25H29N. The Morgan fingerprint density at radius 2 is 1.65 bits per heavy atom. The maximum atomic E-state index is 4.01. The van der Waals surface area contributed by atoms with Gasteiger partial charge in [-0.15, -0.1) is 13.2 Å². The number of allylic oxidation sites excluding steroid dienone is 3. The fraction of sp³-hybridized carbons (Fsp3) is 0.280. The largest absolute Gasteiger partial charge is 0.295 e. The highest BCUT2D eigenvalue weighted by molar-refractivity contribution is 5.71. The Hall–Kier alpha value is -2.38. The Kier molecular flexibility index (Phi) is 6.62. The van der Waals surface area contributed by atoms with E-state index in [4.69, 9.17) is 0 Å². The van der Waals surface area contributed by atoms with Gasteiger partial charge >= 0.3 is 0 Å². The van der Waals surface area contributed by atoms with Crippen molar-refractivity contribution in [1.29, 1.82) is 0 Å². The van der Waals surface area contributed by atoms with Crippen LogP contribution in [0.15, 0.2) is 91.5 Å². The van der Waals surface area contributed by atoms with Crippen LogP contribution in [0.25, 0.3) is 5.57 Å². The first-order chi connectivity index (χ1) is 12.8. The summed E-state index contributed by atoms with van der Waals surface area (Å²) in [5.74, 6) is 0.604. The summed E-state index contributed by atoms with van der Waals surface area (Å²) in [5.41, 5.74) is 5.79. The van der Waals surface area contributed by atoms with Gasteiger partial charge in [0.25, 0.3) is 0 Å². The van der Waals surface area contributed by atoms with Gasteiger partial charge < -0.3 is 0 Å². The molecule has 0 aliphatic carbocycles. The number of nitrogens with zero attached hydrogens (tertiary/aromatic N) is 1. The molecule has 1 heteroatoms. The van der Waals surface area contributed by atoms with E-state index in [0.29, 0.717) is 5.92 Å². The molecule has 26 heavy (non-hydrogen) atoms. The maximum Gasteiger partial charge on any atom is 0.0237 e. The standard InChI is InChI=1S/C25H29N/c1-3-5-15-23-19-26(18-21-13-8-6-9-14-21)20-25(23)24(12-4-2)22-16-10-7-11-17-22/h3-4,6-11,13-14,16-17,23H,1-2,5,12,15,18-20H2/b25-24+. The molecule has 2 aromatic rings. The Morgan fingerprint density at radius 1 is 0.962 bits per heavy atom. The fourth-order valence-electron chi connectivity index (χ4n) is 3.96. The summed E-state index contributed by atoms with van der Waals surface area (Å²) in [6.07, 6.45) is 7.27. The fourth-order valence-corrected chi connectivity index (χ4v) is 3.96. The quantitative estimate of drug-likeness (QED) is 0.522. The van der Waals surface area contributed by atoms with Crippen molar-refractivity contribution in [2.75, 3.05) is 13.1 Å². The molecule has 134 valence electrons. The van der Waals surface area contributed by atoms with Crippen LogP contribution in [0.2, 0.25) is 0 Å². The van der Waals surface area contributed by atoms with E-state index in [1.54, 1.807) is 5.57 Å². The minimum atomic E-state index is 0.604. The minimum Gasteiger partial charge on any atom is -0.295 e. The highest BCUT2D eigenvalue weighted by Crippen LogP contribution is 2.35. The van der Waals surface area contributed by atoms with Gasteiger partial charge in [-0.2, -0.15) is 0 Å². The first-order valence-corrected chi connectivity index (χ1v) is 9.57. The predicted molar refractivity (Wildman–Crippen MR) is 113 cm³/mol. The molecule has 1 heterocycles. The number of benzene rings is 2. The second-order valence-electron chi connectivity index (χ2n) is 7.08. The normalized spacial score (nSPS) is 19.3. The summed E-state index contributed by atoms with van der Waals surface area (Å²) in [7, 11) is 0. The topological polar surface area (TPSA) is 3.24 Å². The molecule has 0 aromatic heterocycles. The van der Waals surface area contributed by atoms with Crippen molar-refractivity contribution < 1.29 is 0 Å². The third kappa shape index (κ3) is 4.62. The van der Waals surface area contributed by atoms with E-state index in [-0.39, 0.29) is 0 Å². The second kappa shape index (κ2) is 9.35. The summed E-state index contributed by atoms with van der Waals surface area (Å²) < 4.78 is 0. The molecule has 0 spiro atoms. The number of rotatable bonds is 8. The van der Waals surface area contributed by atoms with Crippen LogP contribution in [0.4, 0.5) is 0 Å². The van der Waals surface area contributed by atoms with Crippen molar-refractivity contribution >= 4 is 5.57 Å². The minimum absolute atomic E-state index is 0.604. The lowest BCUT2D eigenvalue weighted by Gasteiger charge is -2.16. The van der Waals surface area contributed by atoms with Crippen molar-refractivity contribution in [3.05, 3.63) is 103 Å². The van der Waals surface area contributed by atoms with Gasteiger partial charge in [0.1, 0.15) is 0 Å². The summed E-state index contributed by atoms with van der Waals surface area (Å²) in [4.78, 5) is 2.59. The summed E-state index contributed by atoms with van der Waals surface area (Å²) in [6, 6.07) is 21.6. The van der Waals surface area contributed by atoms with E-state index in [1.807, 2.05) is 12.2 Å². The van der Waals surface area contributed by atoms with Crippen LogP contribution in [0, 0.1) is 5.92 Å². The number of likely N-dealkylation sites (tertiary alicyclic amines) is 1. The lowest BCUT2D eigenvalue weighted by molar-refractivity contribution is 0.314. The molecule has 1 aliphatic heterocycles. The SMILES string of the molecule is C=CCCC1CN(Cc2ccccc2)C/C1=C(/CC=C)c1ccccc1. The molecule has 0 N–H and O–H groups in total. The molecule has 0 amide bonds. The lowest BCUT2D eigenvalue weighted by atomic mass is 9.88. The first kappa shape index (κ1) is 18.4. The lowest BCUT2D eigenvalue weighted by Crippen LogP contribution is -2.20. The van der Waals surface area contributed by atoms with Crippen LogP contribution in [-0.2, 0) is 6.54 Å². The zero-order chi connectivity index (χ0) is 18.2. The van der Waals surface area contributed by atoms with Crippen LogP contribution < -0.4 is 0 Å². The van der Waals surface area contributed by atoms with Gasteiger partial charge in [-0.25, -0.2) is 0 Å². The van der Waals surface area contributed by atoms with Crippen molar-refractivity contribution in [2.24, 2.45) is 5.92 Å². The number of hydrogen-bond donors (Lipinski definition) is 0. The molecular weight excluding hydrogens is 314 g/mol. The first-order valence-electron chi connectivity index (χ1n) is 9.57. The average Bonchev–Trinajstić information content (AvgIpc) is 3.08. The molecule has 0 bridgehead atoms. The smallest absolute Gasteiger partial charge is 0.0237 e. The van der Waals surface area contributed by atoms with Gasteiger partial charge in [0.15, 0.2) is 0 Å². The van der Waals surface area contributed by atoms with Crippen molar-refractivity contribution in [2.45, 2.75) is 25.8 Å². The van der Waals surface area contributed by atoms with Gasteiger partial charge in [0.05, 0.1) is 0 Å². The van der Waals surface area contributed by atoms with Crippen molar-refractivity contribution in [3.63, 3.8) is 0 Å². The third-order valence-electron chi connectivity index (χ3n) is 5.19. The zero-order valence-electron chi connectivity index (χ0n) is 15.6. The highest BCUT2D eigenvalue weighted by atomic mass is 15.1. The Balaban J connectivity index is 1.89. The van der Waals surface area contributed by atoms with Gasteiger partial charge in [0, 0.05) is 19.6 Å². The summed E-state index contributed by atoms with van der Waals surface area (Å²) in [6.45, 7) is 11.1. The number of hydrogen-bond acceptors (Lipinski definition) is 1. The van der Waals surface area contributed by atoms with Crippen molar-refractivity contribution in [1.82, 2.24) is 4.90 Å². The van der Waals surface area contributed by atoms with Gasteiger partial charge in [-0.05, 0) is 47.5 Å². The Labute approximate surface area is 158 Å².